The van der Waals surface area contributed by atoms with Gasteiger partial charge in [-0.25, -0.2) is 28.2 Å². The number of hydrogen-bond donors (Lipinski definition) is 2. The fourth-order valence-electron chi connectivity index (χ4n) is 2.76. The number of sulfonamides is 1. The summed E-state index contributed by atoms with van der Waals surface area (Å²) in [6.07, 6.45) is 0.564. The van der Waals surface area contributed by atoms with E-state index in [1.54, 1.807) is 31.7 Å². The zero-order valence-electron chi connectivity index (χ0n) is 16.2. The van der Waals surface area contributed by atoms with Gasteiger partial charge in [-0.15, -0.1) is 0 Å². The van der Waals surface area contributed by atoms with Gasteiger partial charge in [0.2, 0.25) is 16.0 Å². The molecule has 0 aromatic carbocycles. The zero-order valence-corrected chi connectivity index (χ0v) is 17.0. The van der Waals surface area contributed by atoms with E-state index in [-0.39, 0.29) is 11.8 Å². The Balaban J connectivity index is 0.000000396. The van der Waals surface area contributed by atoms with Gasteiger partial charge in [0.1, 0.15) is 0 Å². The Morgan fingerprint density at radius 3 is 2.43 bits per heavy atom. The molecule has 166 valence electrons. The molecule has 0 radical (unpaired) electrons. The number of anilines is 1. The molecule has 10 nitrogen and oxygen atoms in total. The van der Waals surface area contributed by atoms with Crippen LogP contribution in [0.5, 0.6) is 0 Å². The summed E-state index contributed by atoms with van der Waals surface area (Å²) in [6, 6.07) is 1.55. The van der Waals surface area contributed by atoms with Gasteiger partial charge in [0, 0.05) is 44.1 Å². The summed E-state index contributed by atoms with van der Waals surface area (Å²) in [6.45, 7) is 2.43. The van der Waals surface area contributed by atoms with E-state index in [0.717, 1.165) is 11.4 Å². The van der Waals surface area contributed by atoms with Crippen LogP contribution in [-0.4, -0.2) is 67.8 Å². The maximum Gasteiger partial charge on any atom is 0.490 e. The fourth-order valence-corrected chi connectivity index (χ4v) is 4.02. The van der Waals surface area contributed by atoms with Crippen molar-refractivity contribution >= 4 is 21.9 Å². The van der Waals surface area contributed by atoms with Crippen LogP contribution in [0.4, 0.5) is 19.1 Å². The van der Waals surface area contributed by atoms with Gasteiger partial charge in [-0.2, -0.15) is 17.5 Å². The number of halogens is 3. The van der Waals surface area contributed by atoms with Crippen molar-refractivity contribution in [2.24, 2.45) is 7.05 Å². The molecule has 0 fully saturated rings. The Hall–Kier alpha value is -2.74. The molecule has 30 heavy (non-hydrogen) atoms. The third-order valence-corrected chi connectivity index (χ3v) is 6.19. The molecule has 0 aliphatic carbocycles. The maximum atomic E-state index is 12.4. The van der Waals surface area contributed by atoms with Crippen LogP contribution in [0.3, 0.4) is 0 Å². The third-order valence-electron chi connectivity index (χ3n) is 4.31. The highest BCUT2D eigenvalue weighted by Crippen LogP contribution is 2.25. The van der Waals surface area contributed by atoms with Gasteiger partial charge in [0.25, 0.3) is 0 Å². The van der Waals surface area contributed by atoms with E-state index in [2.05, 4.69) is 20.3 Å². The number of aryl methyl sites for hydroxylation is 1. The molecule has 2 aromatic heterocycles. The lowest BCUT2D eigenvalue weighted by atomic mass is 10.1. The number of nitrogens with zero attached hydrogens (tertiary/aromatic N) is 5. The second-order valence-electron chi connectivity index (χ2n) is 6.31. The summed E-state index contributed by atoms with van der Waals surface area (Å²) < 4.78 is 60.1. The molecule has 2 N–H and O–H groups in total. The first-order valence-electron chi connectivity index (χ1n) is 8.75. The summed E-state index contributed by atoms with van der Waals surface area (Å²) in [7, 11) is -1.37. The Bertz CT molecular complexity index is 965. The highest BCUT2D eigenvalue weighted by atomic mass is 32.2. The molecular weight excluding hydrogens is 429 g/mol. The van der Waals surface area contributed by atoms with Gasteiger partial charge >= 0.3 is 12.1 Å². The summed E-state index contributed by atoms with van der Waals surface area (Å²) in [4.78, 5) is 21.4. The molecule has 1 atom stereocenters. The fraction of sp³-hybridized carbons (Fsp3) is 0.500. The molecule has 0 bridgehead atoms. The summed E-state index contributed by atoms with van der Waals surface area (Å²) in [5.74, 6) is -2.18. The first-order chi connectivity index (χ1) is 14.0. The van der Waals surface area contributed by atoms with Crippen molar-refractivity contribution in [3.63, 3.8) is 0 Å². The van der Waals surface area contributed by atoms with Gasteiger partial charge in [0.15, 0.2) is 0 Å². The molecule has 1 unspecified atom stereocenters. The molecule has 1 aliphatic heterocycles. The number of hydrogen-bond acceptors (Lipinski definition) is 7. The molecule has 3 rings (SSSR count). The molecule has 3 heterocycles. The number of alkyl halides is 3. The van der Waals surface area contributed by atoms with E-state index in [9.17, 15) is 21.6 Å². The first-order valence-corrected chi connectivity index (χ1v) is 10.4. The minimum atomic E-state index is -5.08. The standard InChI is InChI=1S/C14H20N6O2S.C2HF3O2/c1-3-23(21,22)20-9-12-13(19(2)10-18-12)7-11(20)8-17-14-15-5-4-6-16-14;3-2(4,5)1(6)7/h4-6,10-11H,3,7-9H2,1-2H3,(H,15,16,17);(H,6,7). The minimum Gasteiger partial charge on any atom is -0.475 e. The molecule has 1 aliphatic rings. The average molecular weight is 450 g/mol. The topological polar surface area (TPSA) is 130 Å². The van der Waals surface area contributed by atoms with Crippen LogP contribution in [-0.2, 0) is 34.8 Å². The quantitative estimate of drug-likeness (QED) is 0.691. The number of aliphatic carboxylic acids is 1. The smallest absolute Gasteiger partial charge is 0.475 e. The Labute approximate surface area is 170 Å². The van der Waals surface area contributed by atoms with Crippen LogP contribution < -0.4 is 5.32 Å². The lowest BCUT2D eigenvalue weighted by molar-refractivity contribution is -0.192. The lowest BCUT2D eigenvalue weighted by Crippen LogP contribution is -2.48. The van der Waals surface area contributed by atoms with Crippen LogP contribution in [0.15, 0.2) is 24.8 Å². The number of imidazole rings is 1. The van der Waals surface area contributed by atoms with E-state index in [1.165, 1.54) is 4.31 Å². The van der Waals surface area contributed by atoms with Gasteiger partial charge in [-0.05, 0) is 13.0 Å². The predicted octanol–water partition coefficient (Wildman–Crippen LogP) is 1.03. The number of rotatable bonds is 5. The van der Waals surface area contributed by atoms with Crippen LogP contribution in [0.1, 0.15) is 18.3 Å². The average Bonchev–Trinajstić information content (AvgIpc) is 3.06. The monoisotopic (exact) mass is 450 g/mol. The van der Waals surface area contributed by atoms with E-state index in [1.807, 2.05) is 11.6 Å². The van der Waals surface area contributed by atoms with E-state index >= 15 is 0 Å². The molecule has 0 saturated carbocycles. The van der Waals surface area contributed by atoms with Crippen molar-refractivity contribution in [3.8, 4) is 0 Å². The Morgan fingerprint density at radius 2 is 1.90 bits per heavy atom. The Kier molecular flexibility index (Phi) is 7.36. The van der Waals surface area contributed by atoms with Crippen LogP contribution in [0.25, 0.3) is 0 Å². The van der Waals surface area contributed by atoms with Crippen molar-refractivity contribution in [2.45, 2.75) is 32.1 Å². The van der Waals surface area contributed by atoms with Gasteiger partial charge in [-0.1, -0.05) is 0 Å². The summed E-state index contributed by atoms with van der Waals surface area (Å²) >= 11 is 0. The van der Waals surface area contributed by atoms with Crippen molar-refractivity contribution in [1.82, 2.24) is 23.8 Å². The van der Waals surface area contributed by atoms with E-state index < -0.39 is 22.2 Å². The molecule has 0 spiro atoms. The van der Waals surface area contributed by atoms with Crippen molar-refractivity contribution < 1.29 is 31.5 Å². The van der Waals surface area contributed by atoms with Gasteiger partial charge in [-0.3, -0.25) is 0 Å². The molecule has 0 amide bonds. The third kappa shape index (κ3) is 5.89. The van der Waals surface area contributed by atoms with Gasteiger partial charge in [0.05, 0.1) is 24.3 Å². The number of aromatic nitrogens is 4. The normalized spacial score (nSPS) is 16.9. The highest BCUT2D eigenvalue weighted by Gasteiger charge is 2.38. The second kappa shape index (κ2) is 9.38. The zero-order chi connectivity index (χ0) is 22.5. The van der Waals surface area contributed by atoms with Gasteiger partial charge < -0.3 is 15.0 Å². The minimum absolute atomic E-state index is 0.0769. The Morgan fingerprint density at radius 1 is 1.30 bits per heavy atom. The van der Waals surface area contributed by atoms with E-state index in [0.29, 0.717) is 25.5 Å². The molecule has 2 aromatic rings. The van der Waals surface area contributed by atoms with E-state index in [4.69, 9.17) is 9.90 Å². The van der Waals surface area contributed by atoms with Crippen molar-refractivity contribution in [2.75, 3.05) is 17.6 Å². The molecule has 0 saturated heterocycles. The number of carboxylic acids is 1. The number of fused-ring (bicyclic) bond motifs is 1. The summed E-state index contributed by atoms with van der Waals surface area (Å²) in [5, 5.41) is 10.2. The maximum absolute atomic E-state index is 12.4. The SMILES string of the molecule is CCS(=O)(=O)N1Cc2ncn(C)c2CC1CNc1ncccn1.O=C(O)C(F)(F)F. The lowest BCUT2D eigenvalue weighted by Gasteiger charge is -2.34. The van der Waals surface area contributed by atoms with Crippen molar-refractivity contribution in [3.05, 3.63) is 36.2 Å². The largest absolute Gasteiger partial charge is 0.490 e. The van der Waals surface area contributed by atoms with Crippen LogP contribution in [0.2, 0.25) is 0 Å². The number of nitrogens with one attached hydrogen (secondary N) is 1. The van der Waals surface area contributed by atoms with Crippen molar-refractivity contribution in [1.29, 1.82) is 0 Å². The highest BCUT2D eigenvalue weighted by molar-refractivity contribution is 7.89. The first kappa shape index (κ1) is 23.5. The molecular formula is C16H21F3N6O4S. The predicted molar refractivity (Wildman–Crippen MR) is 99.9 cm³/mol. The summed E-state index contributed by atoms with van der Waals surface area (Å²) in [5.41, 5.74) is 1.91. The number of carbonyl (C=O) groups is 1. The number of carboxylic acid groups (broad SMARTS) is 1. The van der Waals surface area contributed by atoms with Crippen LogP contribution >= 0.6 is 0 Å². The molecule has 14 heteroatoms. The second-order valence-corrected chi connectivity index (χ2v) is 8.52. The van der Waals surface area contributed by atoms with Crippen LogP contribution in [0, 0.1) is 0 Å².